The van der Waals surface area contributed by atoms with Crippen LogP contribution in [0.25, 0.3) is 11.5 Å². The van der Waals surface area contributed by atoms with Gasteiger partial charge in [0, 0.05) is 10.2 Å². The van der Waals surface area contributed by atoms with Crippen molar-refractivity contribution in [1.82, 2.24) is 10.2 Å². The minimum atomic E-state index is 0.479. The number of anilines is 1. The quantitative estimate of drug-likeness (QED) is 0.775. The Morgan fingerprint density at radius 3 is 2.85 bits per heavy atom. The molecule has 0 spiro atoms. The highest BCUT2D eigenvalue weighted by molar-refractivity contribution is 9.10. The van der Waals surface area contributed by atoms with E-state index in [2.05, 4.69) is 26.1 Å². The monoisotopic (exact) mass is 239 g/mol. The minimum Gasteiger partial charge on any atom is -0.423 e. The average Bonchev–Trinajstić information content (AvgIpc) is 2.56. The maximum absolute atomic E-state index is 5.58. The van der Waals surface area contributed by atoms with Gasteiger partial charge in [0.2, 0.25) is 12.3 Å². The van der Waals surface area contributed by atoms with E-state index in [1.165, 1.54) is 6.39 Å². The van der Waals surface area contributed by atoms with Crippen LogP contribution in [-0.2, 0) is 0 Å². The largest absolute Gasteiger partial charge is 0.423 e. The molecule has 2 rings (SSSR count). The van der Waals surface area contributed by atoms with Crippen molar-refractivity contribution in [1.29, 1.82) is 0 Å². The Hall–Kier alpha value is -1.36. The van der Waals surface area contributed by atoms with E-state index in [1.807, 2.05) is 6.07 Å². The van der Waals surface area contributed by atoms with Crippen molar-refractivity contribution in [2.24, 2.45) is 0 Å². The summed E-state index contributed by atoms with van der Waals surface area (Å²) in [4.78, 5) is 0. The molecule has 0 saturated heterocycles. The molecule has 0 fully saturated rings. The summed E-state index contributed by atoms with van der Waals surface area (Å²) in [5, 5.41) is 7.38. The van der Waals surface area contributed by atoms with E-state index < -0.39 is 0 Å². The van der Waals surface area contributed by atoms with Gasteiger partial charge in [-0.25, -0.2) is 0 Å². The molecule has 5 heteroatoms. The number of hydrogen-bond donors (Lipinski definition) is 1. The summed E-state index contributed by atoms with van der Waals surface area (Å²) in [6.07, 6.45) is 1.29. The Kier molecular flexibility index (Phi) is 2.02. The van der Waals surface area contributed by atoms with Crippen LogP contribution < -0.4 is 5.73 Å². The van der Waals surface area contributed by atoms with Crippen molar-refractivity contribution >= 4 is 21.6 Å². The van der Waals surface area contributed by atoms with Crippen LogP contribution in [0.1, 0.15) is 0 Å². The van der Waals surface area contributed by atoms with Crippen molar-refractivity contribution in [3.8, 4) is 11.5 Å². The van der Waals surface area contributed by atoms with Crippen LogP contribution in [0.5, 0.6) is 0 Å². The SMILES string of the molecule is Nc1ccc(-c2nnco2)c(Br)c1. The van der Waals surface area contributed by atoms with Crippen LogP contribution in [-0.4, -0.2) is 10.2 Å². The predicted octanol–water partition coefficient (Wildman–Crippen LogP) is 2.08. The van der Waals surface area contributed by atoms with Crippen molar-refractivity contribution in [3.63, 3.8) is 0 Å². The van der Waals surface area contributed by atoms with E-state index in [4.69, 9.17) is 10.2 Å². The van der Waals surface area contributed by atoms with Gasteiger partial charge in [0.05, 0.1) is 5.56 Å². The molecule has 0 aliphatic rings. The molecule has 1 heterocycles. The molecule has 0 bridgehead atoms. The molecule has 0 radical (unpaired) electrons. The van der Waals surface area contributed by atoms with Gasteiger partial charge in [0.15, 0.2) is 0 Å². The highest BCUT2D eigenvalue weighted by Gasteiger charge is 2.07. The maximum atomic E-state index is 5.58. The second kappa shape index (κ2) is 3.18. The van der Waals surface area contributed by atoms with E-state index in [0.29, 0.717) is 11.6 Å². The molecule has 2 aromatic rings. The molecule has 2 N–H and O–H groups in total. The first-order chi connectivity index (χ1) is 6.27. The Morgan fingerprint density at radius 2 is 2.23 bits per heavy atom. The zero-order valence-electron chi connectivity index (χ0n) is 6.57. The minimum absolute atomic E-state index is 0.479. The zero-order valence-corrected chi connectivity index (χ0v) is 8.15. The molecule has 0 aliphatic heterocycles. The van der Waals surface area contributed by atoms with Gasteiger partial charge in [0.1, 0.15) is 0 Å². The first kappa shape index (κ1) is 8.25. The van der Waals surface area contributed by atoms with Crippen molar-refractivity contribution in [2.75, 3.05) is 5.73 Å². The Morgan fingerprint density at radius 1 is 1.38 bits per heavy atom. The van der Waals surface area contributed by atoms with Gasteiger partial charge in [0.25, 0.3) is 0 Å². The van der Waals surface area contributed by atoms with Crippen molar-refractivity contribution in [3.05, 3.63) is 29.1 Å². The first-order valence-corrected chi connectivity index (χ1v) is 4.38. The summed E-state index contributed by atoms with van der Waals surface area (Å²) >= 11 is 3.36. The molecule has 13 heavy (non-hydrogen) atoms. The smallest absolute Gasteiger partial charge is 0.248 e. The van der Waals surface area contributed by atoms with Crippen LogP contribution in [0.3, 0.4) is 0 Å². The van der Waals surface area contributed by atoms with Gasteiger partial charge in [-0.3, -0.25) is 0 Å². The lowest BCUT2D eigenvalue weighted by Gasteiger charge is -1.99. The number of benzene rings is 1. The normalized spacial score (nSPS) is 10.2. The third kappa shape index (κ3) is 1.55. The fourth-order valence-corrected chi connectivity index (χ4v) is 1.56. The zero-order chi connectivity index (χ0) is 9.26. The molecule has 66 valence electrons. The van der Waals surface area contributed by atoms with Gasteiger partial charge < -0.3 is 10.2 Å². The second-order valence-electron chi connectivity index (χ2n) is 2.48. The molecule has 1 aromatic heterocycles. The molecular formula is C8H6BrN3O. The van der Waals surface area contributed by atoms with E-state index in [-0.39, 0.29) is 0 Å². The molecule has 1 aromatic carbocycles. The fourth-order valence-electron chi connectivity index (χ4n) is 0.995. The lowest BCUT2D eigenvalue weighted by Crippen LogP contribution is -1.86. The van der Waals surface area contributed by atoms with Crippen LogP contribution >= 0.6 is 15.9 Å². The number of aromatic nitrogens is 2. The third-order valence-electron chi connectivity index (χ3n) is 1.58. The number of nitrogens with two attached hydrogens (primary N) is 1. The van der Waals surface area contributed by atoms with Gasteiger partial charge in [-0.05, 0) is 34.1 Å². The van der Waals surface area contributed by atoms with E-state index >= 15 is 0 Å². The summed E-state index contributed by atoms with van der Waals surface area (Å²) in [6.45, 7) is 0. The number of hydrogen-bond acceptors (Lipinski definition) is 4. The highest BCUT2D eigenvalue weighted by atomic mass is 79.9. The van der Waals surface area contributed by atoms with Gasteiger partial charge in [-0.2, -0.15) is 0 Å². The first-order valence-electron chi connectivity index (χ1n) is 3.59. The summed E-state index contributed by atoms with van der Waals surface area (Å²) in [6, 6.07) is 5.40. The van der Waals surface area contributed by atoms with Crippen LogP contribution in [0.2, 0.25) is 0 Å². The van der Waals surface area contributed by atoms with Crippen LogP contribution in [0.15, 0.2) is 33.5 Å². The molecule has 4 nitrogen and oxygen atoms in total. The third-order valence-corrected chi connectivity index (χ3v) is 2.24. The lowest BCUT2D eigenvalue weighted by atomic mass is 10.2. The summed E-state index contributed by atoms with van der Waals surface area (Å²) in [7, 11) is 0. The van der Waals surface area contributed by atoms with Crippen LogP contribution in [0, 0.1) is 0 Å². The van der Waals surface area contributed by atoms with E-state index in [9.17, 15) is 0 Å². The van der Waals surface area contributed by atoms with E-state index in [0.717, 1.165) is 10.0 Å². The van der Waals surface area contributed by atoms with Gasteiger partial charge >= 0.3 is 0 Å². The lowest BCUT2D eigenvalue weighted by molar-refractivity contribution is 0.568. The Bertz CT molecular complexity index is 413. The number of nitrogen functional groups attached to an aromatic ring is 1. The molecule has 0 unspecified atom stereocenters. The fraction of sp³-hybridized carbons (Fsp3) is 0. The Labute approximate surface area is 82.9 Å². The molecule has 0 atom stereocenters. The maximum Gasteiger partial charge on any atom is 0.248 e. The molecule has 0 aliphatic carbocycles. The molecular weight excluding hydrogens is 234 g/mol. The standard InChI is InChI=1S/C8H6BrN3O/c9-7-3-5(10)1-2-6(7)8-12-11-4-13-8/h1-4H,10H2. The summed E-state index contributed by atoms with van der Waals surface area (Å²) in [5.41, 5.74) is 7.11. The predicted molar refractivity (Wildman–Crippen MR) is 51.8 cm³/mol. The summed E-state index contributed by atoms with van der Waals surface area (Å²) < 4.78 is 5.89. The average molecular weight is 240 g/mol. The van der Waals surface area contributed by atoms with Crippen molar-refractivity contribution in [2.45, 2.75) is 0 Å². The second-order valence-corrected chi connectivity index (χ2v) is 3.34. The van der Waals surface area contributed by atoms with Gasteiger partial charge in [-0.1, -0.05) is 0 Å². The van der Waals surface area contributed by atoms with E-state index in [1.54, 1.807) is 12.1 Å². The molecule has 0 amide bonds. The topological polar surface area (TPSA) is 64.9 Å². The summed E-state index contributed by atoms with van der Waals surface area (Å²) in [5.74, 6) is 0.479. The number of halogens is 1. The molecule has 0 saturated carbocycles. The van der Waals surface area contributed by atoms with Crippen LogP contribution in [0.4, 0.5) is 5.69 Å². The highest BCUT2D eigenvalue weighted by Crippen LogP contribution is 2.27. The van der Waals surface area contributed by atoms with Gasteiger partial charge in [-0.15, -0.1) is 10.2 Å². The number of rotatable bonds is 1. The Balaban J connectivity index is 2.53. The van der Waals surface area contributed by atoms with Crippen molar-refractivity contribution < 1.29 is 4.42 Å². The number of nitrogens with zero attached hydrogens (tertiary/aromatic N) is 2.